The summed E-state index contributed by atoms with van der Waals surface area (Å²) in [6.07, 6.45) is 4.11. The van der Waals surface area contributed by atoms with Crippen molar-refractivity contribution < 1.29 is 14.6 Å². The van der Waals surface area contributed by atoms with Gasteiger partial charge in [0.25, 0.3) is 0 Å². The van der Waals surface area contributed by atoms with Gasteiger partial charge in [0.05, 0.1) is 11.7 Å². The molecule has 0 bridgehead atoms. The normalized spacial score (nSPS) is 18.7. The summed E-state index contributed by atoms with van der Waals surface area (Å²) in [7, 11) is 0. The average molecular weight is 390 g/mol. The van der Waals surface area contributed by atoms with E-state index in [0.717, 1.165) is 24.2 Å². The summed E-state index contributed by atoms with van der Waals surface area (Å²) in [5, 5.41) is 21.8. The summed E-state index contributed by atoms with van der Waals surface area (Å²) >= 11 is 6.34. The highest BCUT2D eigenvalue weighted by atomic mass is 35.5. The van der Waals surface area contributed by atoms with Gasteiger partial charge in [-0.2, -0.15) is 0 Å². The van der Waals surface area contributed by atoms with Crippen molar-refractivity contribution in [1.29, 1.82) is 0 Å². The Kier molecular flexibility index (Phi) is 6.33. The fourth-order valence-electron chi connectivity index (χ4n) is 3.48. The van der Waals surface area contributed by atoms with Crippen molar-refractivity contribution in [3.05, 3.63) is 82.1 Å². The van der Waals surface area contributed by atoms with Crippen LogP contribution in [0.2, 0.25) is 5.02 Å². The lowest BCUT2D eigenvalue weighted by molar-refractivity contribution is -0.0233. The van der Waals surface area contributed by atoms with Crippen molar-refractivity contribution >= 4 is 11.6 Å². The second-order valence-corrected chi connectivity index (χ2v) is 7.65. The number of rotatable bonds is 5. The summed E-state index contributed by atoms with van der Waals surface area (Å²) < 4.78 is 12.9. The lowest BCUT2D eigenvalue weighted by atomic mass is 9.84. The Labute approximate surface area is 164 Å². The lowest BCUT2D eigenvalue weighted by Crippen LogP contribution is -2.42. The standard InChI is InChI=1S/C22H25ClFNO2/c1-16-4-9-19(20(23)15-16)22(27)10-13-25(14-11-22)12-2-3-21(26)17-5-7-18(24)8-6-17/h2-9,15,21,26-27H,10-14H2,1H3. The summed E-state index contributed by atoms with van der Waals surface area (Å²) in [6, 6.07) is 11.6. The number of hydrogen-bond donors (Lipinski definition) is 2. The van der Waals surface area contributed by atoms with Gasteiger partial charge >= 0.3 is 0 Å². The van der Waals surface area contributed by atoms with Gasteiger partial charge < -0.3 is 10.2 Å². The number of nitrogens with zero attached hydrogens (tertiary/aromatic N) is 1. The first kappa shape index (κ1) is 20.0. The van der Waals surface area contributed by atoms with Crippen LogP contribution in [0.3, 0.4) is 0 Å². The van der Waals surface area contributed by atoms with Gasteiger partial charge in [-0.15, -0.1) is 0 Å². The molecule has 3 nitrogen and oxygen atoms in total. The van der Waals surface area contributed by atoms with Crippen molar-refractivity contribution in [2.24, 2.45) is 0 Å². The largest absolute Gasteiger partial charge is 0.385 e. The topological polar surface area (TPSA) is 43.7 Å². The molecule has 1 heterocycles. The number of halogens is 2. The molecule has 3 rings (SSSR count). The number of piperidine rings is 1. The van der Waals surface area contributed by atoms with Crippen LogP contribution in [0.4, 0.5) is 4.39 Å². The van der Waals surface area contributed by atoms with E-state index < -0.39 is 11.7 Å². The first-order valence-electron chi connectivity index (χ1n) is 9.19. The van der Waals surface area contributed by atoms with Crippen molar-refractivity contribution in [2.45, 2.75) is 31.5 Å². The van der Waals surface area contributed by atoms with Crippen LogP contribution in [0.25, 0.3) is 0 Å². The molecule has 2 aromatic carbocycles. The van der Waals surface area contributed by atoms with E-state index in [1.165, 1.54) is 12.1 Å². The van der Waals surface area contributed by atoms with Gasteiger partial charge in [-0.25, -0.2) is 4.39 Å². The molecule has 0 saturated carbocycles. The SMILES string of the molecule is Cc1ccc(C2(O)CCN(CC=CC(O)c3ccc(F)cc3)CC2)c(Cl)c1. The fraction of sp³-hybridized carbons (Fsp3) is 0.364. The molecule has 1 aliphatic heterocycles. The Balaban J connectivity index is 1.54. The van der Waals surface area contributed by atoms with Gasteiger partial charge in [0, 0.05) is 30.2 Å². The molecule has 2 aromatic rings. The molecule has 1 atom stereocenters. The quantitative estimate of drug-likeness (QED) is 0.747. The van der Waals surface area contributed by atoms with Crippen LogP contribution in [-0.2, 0) is 5.60 Å². The van der Waals surface area contributed by atoms with Crippen LogP contribution >= 0.6 is 11.6 Å². The number of aliphatic hydroxyl groups is 2. The third kappa shape index (κ3) is 4.96. The fourth-order valence-corrected chi connectivity index (χ4v) is 3.89. The molecule has 5 heteroatoms. The molecule has 0 radical (unpaired) electrons. The van der Waals surface area contributed by atoms with E-state index in [9.17, 15) is 14.6 Å². The van der Waals surface area contributed by atoms with Crippen molar-refractivity contribution in [1.82, 2.24) is 4.90 Å². The number of hydrogen-bond acceptors (Lipinski definition) is 3. The van der Waals surface area contributed by atoms with E-state index >= 15 is 0 Å². The molecule has 1 saturated heterocycles. The van der Waals surface area contributed by atoms with E-state index in [1.807, 2.05) is 31.2 Å². The van der Waals surface area contributed by atoms with Gasteiger partial charge in [0.1, 0.15) is 5.82 Å². The molecule has 1 fully saturated rings. The van der Waals surface area contributed by atoms with Crippen molar-refractivity contribution in [3.63, 3.8) is 0 Å². The maximum Gasteiger partial charge on any atom is 0.123 e. The molecule has 2 N–H and O–H groups in total. The molecule has 27 heavy (non-hydrogen) atoms. The van der Waals surface area contributed by atoms with Crippen LogP contribution < -0.4 is 0 Å². The van der Waals surface area contributed by atoms with Crippen LogP contribution in [0.15, 0.2) is 54.6 Å². The highest BCUT2D eigenvalue weighted by Gasteiger charge is 2.35. The highest BCUT2D eigenvalue weighted by Crippen LogP contribution is 2.37. The number of likely N-dealkylation sites (tertiary alicyclic amines) is 1. The molecule has 0 aliphatic carbocycles. The first-order valence-corrected chi connectivity index (χ1v) is 9.57. The monoisotopic (exact) mass is 389 g/mol. The molecule has 1 aliphatic rings. The van der Waals surface area contributed by atoms with Gasteiger partial charge in [-0.3, -0.25) is 4.90 Å². The minimum atomic E-state index is -0.890. The van der Waals surface area contributed by atoms with E-state index in [-0.39, 0.29) is 5.82 Å². The Hall–Kier alpha value is -1.72. The zero-order valence-corrected chi connectivity index (χ0v) is 16.2. The predicted molar refractivity (Wildman–Crippen MR) is 106 cm³/mol. The van der Waals surface area contributed by atoms with Gasteiger partial charge in [-0.1, -0.05) is 48.0 Å². The van der Waals surface area contributed by atoms with E-state index in [2.05, 4.69) is 4.90 Å². The molecule has 1 unspecified atom stereocenters. The van der Waals surface area contributed by atoms with E-state index in [1.54, 1.807) is 18.2 Å². The maximum absolute atomic E-state index is 12.9. The Morgan fingerprint density at radius 2 is 1.85 bits per heavy atom. The number of aryl methyl sites for hydroxylation is 1. The lowest BCUT2D eigenvalue weighted by Gasteiger charge is -2.38. The van der Waals surface area contributed by atoms with E-state index in [4.69, 9.17) is 11.6 Å². The first-order chi connectivity index (χ1) is 12.9. The van der Waals surface area contributed by atoms with Crippen LogP contribution in [0, 0.1) is 12.7 Å². The minimum Gasteiger partial charge on any atom is -0.385 e. The Morgan fingerprint density at radius 3 is 2.48 bits per heavy atom. The number of benzene rings is 2. The zero-order chi connectivity index (χ0) is 19.4. The van der Waals surface area contributed by atoms with Crippen LogP contribution in [-0.4, -0.2) is 34.7 Å². The molecule has 144 valence electrons. The maximum atomic E-state index is 12.9. The molecule has 0 amide bonds. The summed E-state index contributed by atoms with van der Waals surface area (Å²) in [6.45, 7) is 4.17. The van der Waals surface area contributed by atoms with Crippen LogP contribution in [0.5, 0.6) is 0 Å². The van der Waals surface area contributed by atoms with Gasteiger partial charge in [0.2, 0.25) is 0 Å². The molecule has 0 spiro atoms. The second-order valence-electron chi connectivity index (χ2n) is 7.24. The van der Waals surface area contributed by atoms with Gasteiger partial charge in [-0.05, 0) is 49.1 Å². The Bertz CT molecular complexity index is 798. The smallest absolute Gasteiger partial charge is 0.123 e. The third-order valence-electron chi connectivity index (χ3n) is 5.20. The highest BCUT2D eigenvalue weighted by molar-refractivity contribution is 6.31. The summed E-state index contributed by atoms with van der Waals surface area (Å²) in [5.74, 6) is -0.315. The average Bonchev–Trinajstić information content (AvgIpc) is 2.64. The van der Waals surface area contributed by atoms with Gasteiger partial charge in [0.15, 0.2) is 0 Å². The van der Waals surface area contributed by atoms with Crippen molar-refractivity contribution in [2.75, 3.05) is 19.6 Å². The zero-order valence-electron chi connectivity index (χ0n) is 15.4. The second kappa shape index (κ2) is 8.53. The molecule has 0 aromatic heterocycles. The van der Waals surface area contributed by atoms with Crippen LogP contribution in [0.1, 0.15) is 35.6 Å². The summed E-state index contributed by atoms with van der Waals surface area (Å²) in [4.78, 5) is 2.23. The molecular weight excluding hydrogens is 365 g/mol. The third-order valence-corrected chi connectivity index (χ3v) is 5.52. The Morgan fingerprint density at radius 1 is 1.19 bits per heavy atom. The van der Waals surface area contributed by atoms with E-state index in [0.29, 0.717) is 30.0 Å². The minimum absolute atomic E-state index is 0.315. The number of aliphatic hydroxyl groups excluding tert-OH is 1. The van der Waals surface area contributed by atoms with Crippen molar-refractivity contribution in [3.8, 4) is 0 Å². The molecular formula is C22H25ClFNO2. The predicted octanol–water partition coefficient (Wildman–Crippen LogP) is 4.36. The summed E-state index contributed by atoms with van der Waals surface area (Å²) in [5.41, 5.74) is 1.65.